The number of para-hydroxylation sites is 2. The number of benzene rings is 2. The third-order valence-corrected chi connectivity index (χ3v) is 5.28. The van der Waals surface area contributed by atoms with Gasteiger partial charge in [-0.05, 0) is 42.7 Å². The Bertz CT molecular complexity index is 1180. The minimum atomic E-state index is -0.689. The molecular formula is C19H17BrN4O3. The third-order valence-electron chi connectivity index (χ3n) is 4.82. The largest absolute Gasteiger partial charge is 0.397 e. The lowest BCUT2D eigenvalue weighted by atomic mass is 9.96. The molecule has 0 spiro atoms. The second-order valence-electron chi connectivity index (χ2n) is 6.62. The van der Waals surface area contributed by atoms with E-state index >= 15 is 0 Å². The summed E-state index contributed by atoms with van der Waals surface area (Å²) >= 11 is 3.43. The fourth-order valence-corrected chi connectivity index (χ4v) is 4.14. The first-order valence-electron chi connectivity index (χ1n) is 8.55. The molecule has 1 unspecified atom stereocenters. The van der Waals surface area contributed by atoms with Crippen molar-refractivity contribution in [3.8, 4) is 0 Å². The van der Waals surface area contributed by atoms with Crippen molar-refractivity contribution in [2.24, 2.45) is 0 Å². The fourth-order valence-electron chi connectivity index (χ4n) is 3.63. The van der Waals surface area contributed by atoms with Gasteiger partial charge in [0.2, 0.25) is 5.91 Å². The van der Waals surface area contributed by atoms with Gasteiger partial charge in [-0.15, -0.1) is 0 Å². The van der Waals surface area contributed by atoms with Crippen molar-refractivity contribution in [1.29, 1.82) is 0 Å². The molecule has 4 rings (SSSR count). The van der Waals surface area contributed by atoms with Crippen molar-refractivity contribution in [2.75, 3.05) is 11.1 Å². The Morgan fingerprint density at radius 2 is 2.07 bits per heavy atom. The molecule has 3 aromatic rings. The van der Waals surface area contributed by atoms with E-state index in [9.17, 15) is 14.4 Å². The van der Waals surface area contributed by atoms with E-state index in [-0.39, 0.29) is 18.4 Å². The molecule has 0 saturated carbocycles. The van der Waals surface area contributed by atoms with E-state index in [1.807, 2.05) is 6.07 Å². The first kappa shape index (κ1) is 17.5. The second-order valence-corrected chi connectivity index (χ2v) is 7.54. The normalized spacial score (nSPS) is 15.7. The summed E-state index contributed by atoms with van der Waals surface area (Å²) in [5.41, 5.74) is 7.79. The van der Waals surface area contributed by atoms with Crippen LogP contribution in [0.2, 0.25) is 0 Å². The smallest absolute Gasteiger partial charge is 0.317 e. The molecule has 1 aliphatic rings. The lowest BCUT2D eigenvalue weighted by molar-refractivity contribution is -0.117. The van der Waals surface area contributed by atoms with E-state index in [0.717, 1.165) is 10.0 Å². The summed E-state index contributed by atoms with van der Waals surface area (Å²) in [7, 11) is 0. The predicted octanol–water partition coefficient (Wildman–Crippen LogP) is 2.55. The maximum Gasteiger partial charge on any atom is 0.317 e. The van der Waals surface area contributed by atoms with Gasteiger partial charge in [0.05, 0.1) is 22.4 Å². The standard InChI is InChI=1S/C19H17BrN4O3/c20-11-7-10-5-6-12(9-16(25)22-14-4-2-1-3-13(14)21)24-17(10)15(8-11)23-18(26)19(24)27/h1-4,7-8,12H,5-6,9,21H2,(H,22,25)(H,23,26). The molecule has 8 heteroatoms. The average molecular weight is 429 g/mol. The van der Waals surface area contributed by atoms with Gasteiger partial charge < -0.3 is 16.0 Å². The summed E-state index contributed by atoms with van der Waals surface area (Å²) in [6.07, 6.45) is 1.40. The molecule has 7 nitrogen and oxygen atoms in total. The number of rotatable bonds is 3. The van der Waals surface area contributed by atoms with Gasteiger partial charge in [-0.2, -0.15) is 0 Å². The van der Waals surface area contributed by atoms with Crippen molar-refractivity contribution in [1.82, 2.24) is 9.55 Å². The number of nitrogens with two attached hydrogens (primary N) is 1. The number of aromatic amines is 1. The highest BCUT2D eigenvalue weighted by molar-refractivity contribution is 9.10. The maximum absolute atomic E-state index is 12.5. The topological polar surface area (TPSA) is 110 Å². The van der Waals surface area contributed by atoms with Crippen LogP contribution in [0.15, 0.2) is 50.5 Å². The number of nitrogen functional groups attached to an aromatic ring is 1. The van der Waals surface area contributed by atoms with Gasteiger partial charge in [0, 0.05) is 16.9 Å². The molecule has 1 aliphatic heterocycles. The van der Waals surface area contributed by atoms with Gasteiger partial charge in [-0.25, -0.2) is 0 Å². The molecule has 0 bridgehead atoms. The molecule has 4 N–H and O–H groups in total. The number of H-pyrrole nitrogens is 1. The Labute approximate surface area is 162 Å². The van der Waals surface area contributed by atoms with Gasteiger partial charge in [0.25, 0.3) is 0 Å². The van der Waals surface area contributed by atoms with Gasteiger partial charge in [0.1, 0.15) is 0 Å². The highest BCUT2D eigenvalue weighted by Crippen LogP contribution is 2.32. The summed E-state index contributed by atoms with van der Waals surface area (Å²) in [6.45, 7) is 0. The van der Waals surface area contributed by atoms with E-state index < -0.39 is 11.1 Å². The number of carbonyl (C=O) groups is 1. The molecule has 0 fully saturated rings. The van der Waals surface area contributed by atoms with Gasteiger partial charge >= 0.3 is 11.1 Å². The molecule has 2 heterocycles. The van der Waals surface area contributed by atoms with E-state index in [1.54, 1.807) is 30.3 Å². The van der Waals surface area contributed by atoms with Crippen LogP contribution >= 0.6 is 15.9 Å². The Hall–Kier alpha value is -2.87. The van der Waals surface area contributed by atoms with E-state index in [2.05, 4.69) is 26.2 Å². The molecule has 1 amide bonds. The van der Waals surface area contributed by atoms with E-state index in [4.69, 9.17) is 5.73 Å². The number of amides is 1. The maximum atomic E-state index is 12.5. The highest BCUT2D eigenvalue weighted by Gasteiger charge is 2.26. The van der Waals surface area contributed by atoms with Crippen LogP contribution in [0.4, 0.5) is 11.4 Å². The average Bonchev–Trinajstić information content (AvgIpc) is 2.62. The first-order chi connectivity index (χ1) is 12.9. The lowest BCUT2D eigenvalue weighted by Gasteiger charge is -2.27. The van der Waals surface area contributed by atoms with E-state index in [0.29, 0.717) is 35.2 Å². The Balaban J connectivity index is 1.72. The summed E-state index contributed by atoms with van der Waals surface area (Å²) in [5, 5.41) is 2.78. The molecule has 138 valence electrons. The van der Waals surface area contributed by atoms with Gasteiger partial charge in [0.15, 0.2) is 0 Å². The third kappa shape index (κ3) is 3.16. The number of aromatic nitrogens is 2. The monoisotopic (exact) mass is 428 g/mol. The van der Waals surface area contributed by atoms with Gasteiger partial charge in [-0.3, -0.25) is 19.0 Å². The molecule has 27 heavy (non-hydrogen) atoms. The lowest BCUT2D eigenvalue weighted by Crippen LogP contribution is -2.41. The number of nitrogens with zero attached hydrogens (tertiary/aromatic N) is 1. The van der Waals surface area contributed by atoms with Gasteiger partial charge in [-0.1, -0.05) is 28.1 Å². The van der Waals surface area contributed by atoms with E-state index in [1.165, 1.54) is 4.57 Å². The van der Waals surface area contributed by atoms with Crippen LogP contribution in [0, 0.1) is 0 Å². The van der Waals surface area contributed by atoms with Crippen LogP contribution in [0.5, 0.6) is 0 Å². The minimum Gasteiger partial charge on any atom is -0.397 e. The Morgan fingerprint density at radius 3 is 2.85 bits per heavy atom. The number of carbonyl (C=O) groups excluding carboxylic acids is 1. The zero-order valence-electron chi connectivity index (χ0n) is 14.3. The number of aryl methyl sites for hydroxylation is 1. The number of anilines is 2. The molecule has 0 aliphatic carbocycles. The summed E-state index contributed by atoms with van der Waals surface area (Å²) < 4.78 is 2.30. The molecule has 1 atom stereocenters. The Kier molecular flexibility index (Phi) is 4.35. The van der Waals surface area contributed by atoms with Crippen LogP contribution in [0.3, 0.4) is 0 Å². The second kappa shape index (κ2) is 6.70. The predicted molar refractivity (Wildman–Crippen MR) is 108 cm³/mol. The van der Waals surface area contributed by atoms with Crippen LogP contribution < -0.4 is 22.2 Å². The van der Waals surface area contributed by atoms with Crippen molar-refractivity contribution in [3.05, 3.63) is 67.1 Å². The Morgan fingerprint density at radius 1 is 1.30 bits per heavy atom. The van der Waals surface area contributed by atoms with Crippen molar-refractivity contribution in [3.63, 3.8) is 0 Å². The summed E-state index contributed by atoms with van der Waals surface area (Å²) in [6, 6.07) is 10.3. The number of hydrogen-bond donors (Lipinski definition) is 3. The molecule has 0 radical (unpaired) electrons. The molecule has 1 aromatic heterocycles. The minimum absolute atomic E-state index is 0.0856. The number of nitrogens with one attached hydrogen (secondary N) is 2. The van der Waals surface area contributed by atoms with Crippen LogP contribution in [0.1, 0.15) is 24.4 Å². The zero-order chi connectivity index (χ0) is 19.1. The highest BCUT2D eigenvalue weighted by atomic mass is 79.9. The van der Waals surface area contributed by atoms with Crippen LogP contribution in [0.25, 0.3) is 11.0 Å². The van der Waals surface area contributed by atoms with Crippen molar-refractivity contribution < 1.29 is 4.79 Å². The van der Waals surface area contributed by atoms with Crippen LogP contribution in [-0.4, -0.2) is 15.5 Å². The quantitative estimate of drug-likeness (QED) is 0.439. The number of hydrogen-bond acceptors (Lipinski definition) is 4. The molecular weight excluding hydrogens is 412 g/mol. The zero-order valence-corrected chi connectivity index (χ0v) is 15.9. The van der Waals surface area contributed by atoms with Crippen molar-refractivity contribution >= 4 is 44.2 Å². The molecule has 0 saturated heterocycles. The fraction of sp³-hybridized carbons (Fsp3) is 0.211. The molecule has 2 aromatic carbocycles. The SMILES string of the molecule is Nc1ccccc1NC(=O)CC1CCc2cc(Br)cc3[nH]c(=O)c(=O)n1c23. The number of halogens is 1. The summed E-state index contributed by atoms with van der Waals surface area (Å²) in [5.74, 6) is -0.251. The summed E-state index contributed by atoms with van der Waals surface area (Å²) in [4.78, 5) is 39.8. The van der Waals surface area contributed by atoms with Crippen LogP contribution in [-0.2, 0) is 11.2 Å². The first-order valence-corrected chi connectivity index (χ1v) is 9.34. The van der Waals surface area contributed by atoms with Crippen molar-refractivity contribution in [2.45, 2.75) is 25.3 Å².